The summed E-state index contributed by atoms with van der Waals surface area (Å²) in [5.74, 6) is 0.380. The first-order valence-electron chi connectivity index (χ1n) is 6.47. The van der Waals surface area contributed by atoms with Gasteiger partial charge in [0.25, 0.3) is 0 Å². The molecule has 0 saturated heterocycles. The van der Waals surface area contributed by atoms with E-state index in [1.807, 2.05) is 6.92 Å². The summed E-state index contributed by atoms with van der Waals surface area (Å²) in [7, 11) is 3.37. The largest absolute Gasteiger partial charge is 0.383 e. The van der Waals surface area contributed by atoms with E-state index < -0.39 is 0 Å². The molecule has 120 valence electrons. The van der Waals surface area contributed by atoms with Crippen LogP contribution in [0.2, 0.25) is 5.02 Å². The van der Waals surface area contributed by atoms with E-state index >= 15 is 0 Å². The molecule has 1 atom stereocenters. The SMILES string of the molecule is CN=C(NCCc1ccc(F)cc1Cl)NC(C)COC.I. The summed E-state index contributed by atoms with van der Waals surface area (Å²) in [6.07, 6.45) is 0.693. The third-order valence-corrected chi connectivity index (χ3v) is 3.08. The standard InChI is InChI=1S/C14H21ClFN3O.HI/c1-10(9-20-3)19-14(17-2)18-7-6-11-4-5-12(16)8-13(11)15;/h4-5,8,10H,6-7,9H2,1-3H3,(H2,17,18,19);1H. The Kier molecular flexibility index (Phi) is 10.7. The summed E-state index contributed by atoms with van der Waals surface area (Å²) in [4.78, 5) is 4.12. The summed E-state index contributed by atoms with van der Waals surface area (Å²) in [6.45, 7) is 3.27. The van der Waals surface area contributed by atoms with Crippen molar-refractivity contribution in [1.29, 1.82) is 0 Å². The van der Waals surface area contributed by atoms with Crippen molar-refractivity contribution in [2.24, 2.45) is 4.99 Å². The maximum absolute atomic E-state index is 12.9. The van der Waals surface area contributed by atoms with E-state index in [4.69, 9.17) is 16.3 Å². The van der Waals surface area contributed by atoms with Crippen LogP contribution in [-0.2, 0) is 11.2 Å². The summed E-state index contributed by atoms with van der Waals surface area (Å²) in [5, 5.41) is 6.83. The van der Waals surface area contributed by atoms with Crippen molar-refractivity contribution < 1.29 is 9.13 Å². The topological polar surface area (TPSA) is 45.7 Å². The maximum atomic E-state index is 12.9. The van der Waals surface area contributed by atoms with Crippen LogP contribution in [0.25, 0.3) is 0 Å². The Morgan fingerprint density at radius 1 is 1.48 bits per heavy atom. The molecule has 1 unspecified atom stereocenters. The Hall–Kier alpha value is -0.600. The lowest BCUT2D eigenvalue weighted by atomic mass is 10.1. The average Bonchev–Trinajstić information content (AvgIpc) is 2.40. The number of guanidine groups is 1. The molecule has 0 saturated carbocycles. The van der Waals surface area contributed by atoms with E-state index in [9.17, 15) is 4.39 Å². The van der Waals surface area contributed by atoms with Crippen LogP contribution in [0, 0.1) is 5.82 Å². The highest BCUT2D eigenvalue weighted by Crippen LogP contribution is 2.17. The lowest BCUT2D eigenvalue weighted by Gasteiger charge is -2.17. The van der Waals surface area contributed by atoms with Crippen molar-refractivity contribution in [3.05, 3.63) is 34.6 Å². The number of nitrogens with zero attached hydrogens (tertiary/aromatic N) is 1. The molecule has 0 spiro atoms. The van der Waals surface area contributed by atoms with Gasteiger partial charge in [0.15, 0.2) is 5.96 Å². The molecule has 1 aromatic rings. The van der Waals surface area contributed by atoms with Gasteiger partial charge >= 0.3 is 0 Å². The van der Waals surface area contributed by atoms with Crippen LogP contribution in [0.4, 0.5) is 4.39 Å². The second-order valence-electron chi connectivity index (χ2n) is 4.49. The highest BCUT2D eigenvalue weighted by Gasteiger charge is 2.05. The van der Waals surface area contributed by atoms with Gasteiger partial charge in [0, 0.05) is 31.8 Å². The van der Waals surface area contributed by atoms with E-state index in [0.717, 1.165) is 5.56 Å². The quantitative estimate of drug-likeness (QED) is 0.415. The highest BCUT2D eigenvalue weighted by atomic mass is 127. The molecule has 1 aromatic carbocycles. The predicted molar refractivity (Wildman–Crippen MR) is 96.4 cm³/mol. The summed E-state index contributed by atoms with van der Waals surface area (Å²) in [6, 6.07) is 4.60. The number of ether oxygens (including phenoxy) is 1. The molecule has 1 rings (SSSR count). The van der Waals surface area contributed by atoms with Gasteiger partial charge in [-0.2, -0.15) is 0 Å². The van der Waals surface area contributed by atoms with Gasteiger partial charge in [-0.1, -0.05) is 17.7 Å². The van der Waals surface area contributed by atoms with Crippen molar-refractivity contribution in [3.8, 4) is 0 Å². The van der Waals surface area contributed by atoms with E-state index in [0.29, 0.717) is 30.6 Å². The molecule has 0 aliphatic rings. The average molecular weight is 430 g/mol. The number of hydrogen-bond acceptors (Lipinski definition) is 2. The minimum absolute atomic E-state index is 0. The number of rotatable bonds is 6. The third kappa shape index (κ3) is 7.82. The van der Waals surface area contributed by atoms with Crippen LogP contribution in [0.15, 0.2) is 23.2 Å². The first kappa shape index (κ1) is 20.4. The van der Waals surface area contributed by atoms with Crippen molar-refractivity contribution in [1.82, 2.24) is 10.6 Å². The number of halogens is 3. The van der Waals surface area contributed by atoms with Gasteiger partial charge in [0.1, 0.15) is 5.82 Å². The molecule has 7 heteroatoms. The zero-order valence-electron chi connectivity index (χ0n) is 12.5. The second kappa shape index (κ2) is 11.0. The molecule has 0 aliphatic heterocycles. The Bertz CT molecular complexity index is 460. The van der Waals surface area contributed by atoms with Crippen LogP contribution in [-0.4, -0.2) is 39.3 Å². The smallest absolute Gasteiger partial charge is 0.191 e. The summed E-state index contributed by atoms with van der Waals surface area (Å²) >= 11 is 5.97. The molecule has 0 fully saturated rings. The number of aliphatic imine (C=N–C) groups is 1. The Morgan fingerprint density at radius 2 is 2.19 bits per heavy atom. The first-order valence-corrected chi connectivity index (χ1v) is 6.84. The fourth-order valence-corrected chi connectivity index (χ4v) is 2.02. The number of methoxy groups -OCH3 is 1. The van der Waals surface area contributed by atoms with Crippen LogP contribution < -0.4 is 10.6 Å². The molecule has 21 heavy (non-hydrogen) atoms. The van der Waals surface area contributed by atoms with Gasteiger partial charge in [0.2, 0.25) is 0 Å². The molecular weight excluding hydrogens is 408 g/mol. The molecule has 0 aromatic heterocycles. The molecule has 0 bridgehead atoms. The zero-order valence-corrected chi connectivity index (χ0v) is 15.5. The minimum Gasteiger partial charge on any atom is -0.383 e. The summed E-state index contributed by atoms with van der Waals surface area (Å²) in [5.41, 5.74) is 0.904. The van der Waals surface area contributed by atoms with Gasteiger partial charge in [0.05, 0.1) is 6.61 Å². The van der Waals surface area contributed by atoms with Gasteiger partial charge in [-0.25, -0.2) is 4.39 Å². The Labute approximate surface area is 147 Å². The minimum atomic E-state index is -0.322. The summed E-state index contributed by atoms with van der Waals surface area (Å²) < 4.78 is 18.0. The van der Waals surface area contributed by atoms with Crippen molar-refractivity contribution in [3.63, 3.8) is 0 Å². The van der Waals surface area contributed by atoms with Crippen LogP contribution in [0.5, 0.6) is 0 Å². The second-order valence-corrected chi connectivity index (χ2v) is 4.89. The first-order chi connectivity index (χ1) is 9.56. The maximum Gasteiger partial charge on any atom is 0.191 e. The van der Waals surface area contributed by atoms with Crippen molar-refractivity contribution in [2.45, 2.75) is 19.4 Å². The van der Waals surface area contributed by atoms with Gasteiger partial charge in [-0.3, -0.25) is 4.99 Å². The molecule has 4 nitrogen and oxygen atoms in total. The highest BCUT2D eigenvalue weighted by molar-refractivity contribution is 14.0. The van der Waals surface area contributed by atoms with Gasteiger partial charge < -0.3 is 15.4 Å². The zero-order chi connectivity index (χ0) is 15.0. The van der Waals surface area contributed by atoms with E-state index in [1.165, 1.54) is 12.1 Å². The molecule has 0 aliphatic carbocycles. The van der Waals surface area contributed by atoms with Crippen LogP contribution >= 0.6 is 35.6 Å². The lowest BCUT2D eigenvalue weighted by Crippen LogP contribution is -2.44. The molecule has 0 heterocycles. The van der Waals surface area contributed by atoms with E-state index in [1.54, 1.807) is 20.2 Å². The van der Waals surface area contributed by atoms with Crippen molar-refractivity contribution >= 4 is 41.5 Å². The number of benzene rings is 1. The van der Waals surface area contributed by atoms with Crippen LogP contribution in [0.1, 0.15) is 12.5 Å². The molecule has 0 amide bonds. The van der Waals surface area contributed by atoms with Crippen molar-refractivity contribution in [2.75, 3.05) is 27.3 Å². The van der Waals surface area contributed by atoms with Crippen LogP contribution in [0.3, 0.4) is 0 Å². The van der Waals surface area contributed by atoms with E-state index in [-0.39, 0.29) is 35.8 Å². The Morgan fingerprint density at radius 3 is 2.76 bits per heavy atom. The van der Waals surface area contributed by atoms with Gasteiger partial charge in [-0.15, -0.1) is 24.0 Å². The molecule has 0 radical (unpaired) electrons. The fraction of sp³-hybridized carbons (Fsp3) is 0.500. The van der Waals surface area contributed by atoms with E-state index in [2.05, 4.69) is 15.6 Å². The normalized spacial score (nSPS) is 12.5. The monoisotopic (exact) mass is 429 g/mol. The Balaban J connectivity index is 0.00000400. The molecular formula is C14H22ClFIN3O. The van der Waals surface area contributed by atoms with Gasteiger partial charge in [-0.05, 0) is 31.0 Å². The predicted octanol–water partition coefficient (Wildman–Crippen LogP) is 2.84. The number of hydrogen-bond donors (Lipinski definition) is 2. The molecule has 2 N–H and O–H groups in total. The third-order valence-electron chi connectivity index (χ3n) is 2.73. The number of nitrogens with one attached hydrogen (secondary N) is 2. The fourth-order valence-electron chi connectivity index (χ4n) is 1.76. The lowest BCUT2D eigenvalue weighted by molar-refractivity contribution is 0.179.